The Morgan fingerprint density at radius 3 is 0.756 bits per heavy atom. The molecule has 242 valence electrons. The second kappa shape index (κ2) is 33.6. The first-order chi connectivity index (χ1) is 19.1. The summed E-state index contributed by atoms with van der Waals surface area (Å²) in [4.78, 5) is 32.4. The Hall–Kier alpha value is -0.911. The number of carbonyl (C=O) groups excluding carboxylic acids is 3. The minimum absolute atomic E-state index is 0.320. The zero-order valence-electron chi connectivity index (χ0n) is 26.9. The monoisotopic (exact) mass is 696 g/mol. The van der Waals surface area contributed by atoms with Crippen LogP contribution in [-0.4, -0.2) is 74.1 Å². The van der Waals surface area contributed by atoms with Gasteiger partial charge in [0.2, 0.25) is 0 Å². The van der Waals surface area contributed by atoms with Gasteiger partial charge in [0, 0.05) is 0 Å². The van der Waals surface area contributed by atoms with E-state index in [1.54, 1.807) is 22.5 Å². The second-order valence-corrected chi connectivity index (χ2v) is 11.6. The molecule has 0 aliphatic rings. The fourth-order valence-corrected chi connectivity index (χ4v) is 3.55. The maximum atomic E-state index is 10.1. The number of aliphatic carboxylic acids is 3. The molecule has 0 spiro atoms. The molecule has 9 nitrogen and oxygen atoms in total. The number of aliphatic hydroxyl groups is 3. The van der Waals surface area contributed by atoms with Crippen molar-refractivity contribution in [2.75, 3.05) is 0 Å². The van der Waals surface area contributed by atoms with Gasteiger partial charge in [-0.25, -0.2) is 0 Å². The molecule has 0 aromatic heterocycles. The van der Waals surface area contributed by atoms with Gasteiger partial charge in [0.05, 0.1) is 36.2 Å². The number of rotatable bonds is 21. The molecular formula is C31H60O9Sn. The summed E-state index contributed by atoms with van der Waals surface area (Å²) >= 11 is 1.55. The molecule has 10 heteroatoms. The van der Waals surface area contributed by atoms with Gasteiger partial charge in [-0.05, 0) is 37.0 Å². The van der Waals surface area contributed by atoms with Crippen molar-refractivity contribution >= 4 is 40.4 Å². The summed E-state index contributed by atoms with van der Waals surface area (Å²) in [6.45, 7) is 13.0. The minimum atomic E-state index is -1.36. The van der Waals surface area contributed by atoms with E-state index < -0.39 is 36.2 Å². The van der Waals surface area contributed by atoms with Gasteiger partial charge in [-0.15, -0.1) is 0 Å². The van der Waals surface area contributed by atoms with Gasteiger partial charge < -0.3 is 45.0 Å². The van der Waals surface area contributed by atoms with Crippen molar-refractivity contribution in [2.45, 2.75) is 161 Å². The summed E-state index contributed by atoms with van der Waals surface area (Å²) in [5.74, 6) is -1.97. The molecule has 0 fully saturated rings. The zero-order valence-corrected chi connectivity index (χ0v) is 29.7. The number of carbonyl (C=O) groups is 3. The van der Waals surface area contributed by atoms with E-state index in [-0.39, 0.29) is 0 Å². The Balaban J connectivity index is -0.000000243. The van der Waals surface area contributed by atoms with Crippen LogP contribution in [0.3, 0.4) is 0 Å². The first kappa shape index (κ1) is 47.0. The Bertz CT molecular complexity index is 517. The van der Waals surface area contributed by atoms with Crippen LogP contribution in [-0.2, 0) is 14.4 Å². The molecule has 0 heterocycles. The van der Waals surface area contributed by atoms with Crippen LogP contribution in [0.2, 0.25) is 4.94 Å². The SMILES string of the molecule is CC(C)CCCCCC(O)C(=O)[O-].CC(C)CCCCCC(O)C(=O)[O-].CC(C)CCCCCC(O)C(=O)[O-].[CH3][Sn+3]. The molecule has 0 aliphatic heterocycles. The number of carboxylic acid groups (broad SMARTS) is 3. The molecule has 0 aliphatic carbocycles. The number of carboxylic acids is 3. The Kier molecular flexibility index (Phi) is 38.5. The summed E-state index contributed by atoms with van der Waals surface area (Å²) in [5.41, 5.74) is 0. The fraction of sp³-hybridized carbons (Fsp3) is 0.903. The van der Waals surface area contributed by atoms with Crippen LogP contribution in [0.25, 0.3) is 0 Å². The second-order valence-electron chi connectivity index (χ2n) is 11.6. The van der Waals surface area contributed by atoms with E-state index in [0.29, 0.717) is 37.0 Å². The molecule has 0 aromatic carbocycles. The molecule has 0 radical (unpaired) electrons. The molecule has 0 rings (SSSR count). The van der Waals surface area contributed by atoms with Crippen LogP contribution >= 0.6 is 0 Å². The normalized spacial score (nSPS) is 12.8. The summed E-state index contributed by atoms with van der Waals surface area (Å²) < 4.78 is 0. The third-order valence-electron chi connectivity index (χ3n) is 6.09. The van der Waals surface area contributed by atoms with Crippen molar-refractivity contribution in [1.29, 1.82) is 0 Å². The zero-order chi connectivity index (χ0) is 32.8. The van der Waals surface area contributed by atoms with E-state index in [1.165, 1.54) is 19.3 Å². The third-order valence-corrected chi connectivity index (χ3v) is 6.09. The molecule has 0 amide bonds. The molecule has 0 aromatic rings. The van der Waals surface area contributed by atoms with E-state index in [2.05, 4.69) is 46.5 Å². The Labute approximate surface area is 263 Å². The van der Waals surface area contributed by atoms with E-state index in [1.807, 2.05) is 0 Å². The molecule has 0 saturated heterocycles. The van der Waals surface area contributed by atoms with Crippen molar-refractivity contribution in [3.05, 3.63) is 0 Å². The van der Waals surface area contributed by atoms with E-state index in [9.17, 15) is 29.7 Å². The van der Waals surface area contributed by atoms with Crippen LogP contribution in [0.15, 0.2) is 0 Å². The third kappa shape index (κ3) is 43.7. The van der Waals surface area contributed by atoms with Gasteiger partial charge in [-0.1, -0.05) is 119 Å². The summed E-state index contributed by atoms with van der Waals surface area (Å²) in [6, 6.07) is 0. The first-order valence-electron chi connectivity index (χ1n) is 15.3. The van der Waals surface area contributed by atoms with Crippen LogP contribution < -0.4 is 15.3 Å². The fourth-order valence-electron chi connectivity index (χ4n) is 3.55. The van der Waals surface area contributed by atoms with Crippen LogP contribution in [0.5, 0.6) is 0 Å². The summed E-state index contributed by atoms with van der Waals surface area (Å²) in [7, 11) is 0. The molecule has 0 saturated carbocycles. The van der Waals surface area contributed by atoms with Gasteiger partial charge in [0.15, 0.2) is 0 Å². The van der Waals surface area contributed by atoms with Crippen LogP contribution in [0.1, 0.15) is 138 Å². The van der Waals surface area contributed by atoms with Crippen molar-refractivity contribution < 1.29 is 45.0 Å². The molecule has 0 bridgehead atoms. The van der Waals surface area contributed by atoms with E-state index in [0.717, 1.165) is 57.8 Å². The number of unbranched alkanes of at least 4 members (excludes halogenated alkanes) is 6. The topological polar surface area (TPSA) is 181 Å². The van der Waals surface area contributed by atoms with Crippen molar-refractivity contribution in [1.82, 2.24) is 0 Å². The number of hydrogen-bond acceptors (Lipinski definition) is 9. The van der Waals surface area contributed by atoms with Crippen LogP contribution in [0, 0.1) is 17.8 Å². The predicted molar refractivity (Wildman–Crippen MR) is 158 cm³/mol. The van der Waals surface area contributed by atoms with Gasteiger partial charge in [-0.2, -0.15) is 0 Å². The van der Waals surface area contributed by atoms with Gasteiger partial charge >= 0.3 is 27.5 Å². The van der Waals surface area contributed by atoms with Gasteiger partial charge in [0.25, 0.3) is 0 Å². The van der Waals surface area contributed by atoms with Crippen molar-refractivity contribution in [3.63, 3.8) is 0 Å². The average Bonchev–Trinajstić information content (AvgIpc) is 2.88. The molecule has 3 atom stereocenters. The molecule has 3 unspecified atom stereocenters. The van der Waals surface area contributed by atoms with Crippen molar-refractivity contribution in [3.8, 4) is 0 Å². The van der Waals surface area contributed by atoms with E-state index >= 15 is 0 Å². The van der Waals surface area contributed by atoms with E-state index in [4.69, 9.17) is 15.3 Å². The van der Waals surface area contributed by atoms with Crippen molar-refractivity contribution in [2.24, 2.45) is 17.8 Å². The standard InChI is InChI=1S/3C10H20O3.CH3.Sn/c3*1-8(2)6-4-3-5-7-9(11)10(12)13;;/h3*8-9,11H,3-7H2,1-2H3,(H,12,13);1H3;/q;;;;+3/p-3. The molecule has 3 N–H and O–H groups in total. The number of aliphatic hydroxyl groups excluding tert-OH is 3. The summed E-state index contributed by atoms with van der Waals surface area (Å²) in [6.07, 6.45) is 9.22. The van der Waals surface area contributed by atoms with Gasteiger partial charge in [-0.3, -0.25) is 0 Å². The average molecular weight is 696 g/mol. The van der Waals surface area contributed by atoms with Crippen LogP contribution in [0.4, 0.5) is 0 Å². The number of hydrogen-bond donors (Lipinski definition) is 3. The molecule has 41 heavy (non-hydrogen) atoms. The summed E-state index contributed by atoms with van der Waals surface area (Å²) in [5, 5.41) is 56.9. The Morgan fingerprint density at radius 1 is 0.439 bits per heavy atom. The quantitative estimate of drug-likeness (QED) is 0.120. The Morgan fingerprint density at radius 2 is 0.610 bits per heavy atom. The predicted octanol–water partition coefficient (Wildman–Crippen LogP) is 2.31. The first-order valence-corrected chi connectivity index (χ1v) is 18.1. The van der Waals surface area contributed by atoms with Gasteiger partial charge in [0.1, 0.15) is 0 Å². The maximum absolute atomic E-state index is 10.1. The molecular weight excluding hydrogens is 635 g/mol.